The van der Waals surface area contributed by atoms with Crippen molar-refractivity contribution in [3.05, 3.63) is 89.2 Å². The summed E-state index contributed by atoms with van der Waals surface area (Å²) >= 11 is 7.44. The summed E-state index contributed by atoms with van der Waals surface area (Å²) in [5.41, 5.74) is 2.67. The molecule has 1 aromatic heterocycles. The first-order chi connectivity index (χ1) is 20.5. The lowest BCUT2D eigenvalue weighted by Gasteiger charge is -2.14. The van der Waals surface area contributed by atoms with Crippen molar-refractivity contribution in [1.82, 2.24) is 14.5 Å². The lowest BCUT2D eigenvalue weighted by molar-refractivity contribution is -0.150. The standard InChI is InChI=1S/C29H27ClF3N5O4S/c1-41-22-9-7-19(25(13-22)42-2)15-35-43-26-12-20(36-27(39)11-18-5-3-4-6-23(18)30)8-10-24(26)38-17-21(16-34-38)37-28(40)14-29(31,32)33/h3-10,12-13,16-17,35H,11,14-15H2,1-2H3,(H,36,39)(H,37,40). The minimum Gasteiger partial charge on any atom is -0.497 e. The second-order valence-corrected chi connectivity index (χ2v) is 10.5. The number of benzene rings is 3. The van der Waals surface area contributed by atoms with Gasteiger partial charge in [0.15, 0.2) is 0 Å². The number of halogens is 4. The number of carbonyl (C=O) groups excluding carboxylic acids is 2. The van der Waals surface area contributed by atoms with Gasteiger partial charge in [-0.3, -0.25) is 14.3 Å². The summed E-state index contributed by atoms with van der Waals surface area (Å²) in [7, 11) is 3.12. The fourth-order valence-electron chi connectivity index (χ4n) is 3.98. The topological polar surface area (TPSA) is 107 Å². The molecule has 0 saturated heterocycles. The zero-order valence-corrected chi connectivity index (χ0v) is 24.6. The number of ether oxygens (including phenoxy) is 2. The van der Waals surface area contributed by atoms with E-state index >= 15 is 0 Å². The van der Waals surface area contributed by atoms with Crippen molar-refractivity contribution >= 4 is 46.7 Å². The van der Waals surface area contributed by atoms with Gasteiger partial charge in [0, 0.05) is 28.9 Å². The van der Waals surface area contributed by atoms with Crippen LogP contribution in [0.3, 0.4) is 0 Å². The van der Waals surface area contributed by atoms with Crippen LogP contribution in [0.25, 0.3) is 5.69 Å². The second-order valence-electron chi connectivity index (χ2n) is 9.11. The molecule has 0 aliphatic carbocycles. The molecule has 1 heterocycles. The van der Waals surface area contributed by atoms with E-state index in [4.69, 9.17) is 21.1 Å². The highest BCUT2D eigenvalue weighted by Crippen LogP contribution is 2.30. The van der Waals surface area contributed by atoms with Crippen molar-refractivity contribution in [3.63, 3.8) is 0 Å². The van der Waals surface area contributed by atoms with Crippen LogP contribution in [0.4, 0.5) is 24.5 Å². The minimum absolute atomic E-state index is 0.0690. The zero-order valence-electron chi connectivity index (χ0n) is 23.0. The number of hydrogen-bond acceptors (Lipinski definition) is 7. The van der Waals surface area contributed by atoms with E-state index in [1.807, 2.05) is 12.1 Å². The van der Waals surface area contributed by atoms with Crippen molar-refractivity contribution in [2.75, 3.05) is 24.9 Å². The predicted octanol–water partition coefficient (Wildman–Crippen LogP) is 6.41. The molecule has 4 aromatic rings. The van der Waals surface area contributed by atoms with Gasteiger partial charge in [0.05, 0.1) is 49.3 Å². The molecule has 226 valence electrons. The summed E-state index contributed by atoms with van der Waals surface area (Å²) in [5, 5.41) is 9.76. The Morgan fingerprint density at radius 1 is 0.953 bits per heavy atom. The number of anilines is 2. The smallest absolute Gasteiger partial charge is 0.397 e. The van der Waals surface area contributed by atoms with Crippen molar-refractivity contribution in [2.24, 2.45) is 0 Å². The van der Waals surface area contributed by atoms with E-state index in [1.165, 1.54) is 29.0 Å². The first-order valence-electron chi connectivity index (χ1n) is 12.7. The zero-order chi connectivity index (χ0) is 31.0. The first-order valence-corrected chi connectivity index (χ1v) is 13.9. The molecule has 0 saturated carbocycles. The third-order valence-corrected chi connectivity index (χ3v) is 7.17. The van der Waals surface area contributed by atoms with Gasteiger partial charge in [-0.25, -0.2) is 4.68 Å². The Hall–Kier alpha value is -4.20. The normalized spacial score (nSPS) is 11.2. The Kier molecular flexibility index (Phi) is 10.6. The Morgan fingerprint density at radius 3 is 2.44 bits per heavy atom. The van der Waals surface area contributed by atoms with Crippen LogP contribution in [0.5, 0.6) is 11.5 Å². The maximum Gasteiger partial charge on any atom is 0.397 e. The molecule has 0 fully saturated rings. The lowest BCUT2D eigenvalue weighted by atomic mass is 10.1. The molecule has 43 heavy (non-hydrogen) atoms. The monoisotopic (exact) mass is 633 g/mol. The third-order valence-electron chi connectivity index (χ3n) is 5.97. The number of methoxy groups -OCH3 is 2. The van der Waals surface area contributed by atoms with Crippen LogP contribution < -0.4 is 24.8 Å². The van der Waals surface area contributed by atoms with Crippen LogP contribution in [0, 0.1) is 0 Å². The van der Waals surface area contributed by atoms with Gasteiger partial charge in [-0.15, -0.1) is 0 Å². The number of nitrogens with one attached hydrogen (secondary N) is 3. The maximum absolute atomic E-state index is 12.8. The average Bonchev–Trinajstić information content (AvgIpc) is 3.41. The van der Waals surface area contributed by atoms with E-state index in [-0.39, 0.29) is 18.0 Å². The van der Waals surface area contributed by atoms with Crippen LogP contribution in [0.15, 0.2) is 78.0 Å². The lowest BCUT2D eigenvalue weighted by Crippen LogP contribution is -2.20. The molecule has 0 bridgehead atoms. The molecule has 0 unspecified atom stereocenters. The molecule has 0 aliphatic rings. The van der Waals surface area contributed by atoms with E-state index in [9.17, 15) is 22.8 Å². The molecule has 3 aromatic carbocycles. The molecule has 0 aliphatic heterocycles. The van der Waals surface area contributed by atoms with Crippen molar-refractivity contribution in [2.45, 2.75) is 30.5 Å². The van der Waals surface area contributed by atoms with Crippen molar-refractivity contribution < 1.29 is 32.2 Å². The van der Waals surface area contributed by atoms with Gasteiger partial charge >= 0.3 is 6.18 Å². The SMILES string of the molecule is COc1ccc(CNSc2cc(NC(=O)Cc3ccccc3Cl)ccc2-n2cc(NC(=O)CC(F)(F)F)cn2)c(OC)c1. The van der Waals surface area contributed by atoms with Gasteiger partial charge in [-0.1, -0.05) is 35.9 Å². The first kappa shape index (κ1) is 31.7. The fourth-order valence-corrected chi connectivity index (χ4v) is 5.02. The van der Waals surface area contributed by atoms with Crippen LogP contribution in [-0.2, 0) is 22.6 Å². The molecule has 0 spiro atoms. The predicted molar refractivity (Wildman–Crippen MR) is 159 cm³/mol. The molecule has 0 radical (unpaired) electrons. The number of carbonyl (C=O) groups is 2. The van der Waals surface area contributed by atoms with Crippen LogP contribution in [-0.4, -0.2) is 42.0 Å². The van der Waals surface area contributed by atoms with E-state index in [0.29, 0.717) is 44.9 Å². The van der Waals surface area contributed by atoms with Crippen LogP contribution >= 0.6 is 23.5 Å². The highest BCUT2D eigenvalue weighted by atomic mass is 35.5. The second kappa shape index (κ2) is 14.3. The molecule has 4 rings (SSSR count). The number of hydrogen-bond donors (Lipinski definition) is 3. The van der Waals surface area contributed by atoms with Crippen molar-refractivity contribution in [1.29, 1.82) is 0 Å². The number of aromatic nitrogens is 2. The van der Waals surface area contributed by atoms with Crippen LogP contribution in [0.2, 0.25) is 5.02 Å². The Labute approximate surface area is 254 Å². The van der Waals surface area contributed by atoms with E-state index in [1.54, 1.807) is 62.8 Å². The number of amides is 2. The molecular weight excluding hydrogens is 607 g/mol. The fraction of sp³-hybridized carbons (Fsp3) is 0.207. The largest absolute Gasteiger partial charge is 0.497 e. The van der Waals surface area contributed by atoms with Crippen LogP contribution in [0.1, 0.15) is 17.5 Å². The highest BCUT2D eigenvalue weighted by Gasteiger charge is 2.31. The van der Waals surface area contributed by atoms with Gasteiger partial charge in [0.2, 0.25) is 11.8 Å². The number of nitrogens with zero attached hydrogens (tertiary/aromatic N) is 2. The summed E-state index contributed by atoms with van der Waals surface area (Å²) < 4.78 is 53.1. The molecule has 0 atom stereocenters. The van der Waals surface area contributed by atoms with E-state index < -0.39 is 18.5 Å². The summed E-state index contributed by atoms with van der Waals surface area (Å²) in [6.45, 7) is 0.387. The molecule has 2 amide bonds. The number of alkyl halides is 3. The summed E-state index contributed by atoms with van der Waals surface area (Å²) in [6, 6.07) is 17.6. The minimum atomic E-state index is -4.63. The molecule has 14 heteroatoms. The number of rotatable bonds is 12. The third kappa shape index (κ3) is 9.14. The Bertz CT molecular complexity index is 1600. The van der Waals surface area contributed by atoms with Gasteiger partial charge in [-0.2, -0.15) is 18.3 Å². The van der Waals surface area contributed by atoms with E-state index in [0.717, 1.165) is 5.56 Å². The molecular formula is C29H27ClF3N5O4S. The molecule has 3 N–H and O–H groups in total. The quantitative estimate of drug-likeness (QED) is 0.155. The molecule has 9 nitrogen and oxygen atoms in total. The average molecular weight is 634 g/mol. The van der Waals surface area contributed by atoms with Gasteiger partial charge < -0.3 is 20.1 Å². The van der Waals surface area contributed by atoms with E-state index in [2.05, 4.69) is 20.5 Å². The highest BCUT2D eigenvalue weighted by molar-refractivity contribution is 7.97. The Morgan fingerprint density at radius 2 is 1.72 bits per heavy atom. The Balaban J connectivity index is 1.55. The van der Waals surface area contributed by atoms with Crippen molar-refractivity contribution in [3.8, 4) is 17.2 Å². The van der Waals surface area contributed by atoms with Gasteiger partial charge in [-0.05, 0) is 47.8 Å². The van der Waals surface area contributed by atoms with Gasteiger partial charge in [0.1, 0.15) is 17.9 Å². The summed E-state index contributed by atoms with van der Waals surface area (Å²) in [6.07, 6.45) is -3.53. The maximum atomic E-state index is 12.8. The summed E-state index contributed by atoms with van der Waals surface area (Å²) in [4.78, 5) is 25.2. The summed E-state index contributed by atoms with van der Waals surface area (Å²) in [5.74, 6) is -0.207. The van der Waals surface area contributed by atoms with Gasteiger partial charge in [0.25, 0.3) is 0 Å².